The van der Waals surface area contributed by atoms with Crippen LogP contribution in [0.3, 0.4) is 0 Å². The van der Waals surface area contributed by atoms with E-state index in [0.717, 1.165) is 0 Å². The van der Waals surface area contributed by atoms with E-state index >= 15 is 0 Å². The highest BCUT2D eigenvalue weighted by Crippen LogP contribution is 2.41. The number of aliphatic carboxylic acids is 1. The number of hydrogen-bond acceptors (Lipinski definition) is 3. The van der Waals surface area contributed by atoms with Crippen LogP contribution in [-0.4, -0.2) is 30.7 Å². The van der Waals surface area contributed by atoms with Gasteiger partial charge in [-0.1, -0.05) is 18.2 Å². The van der Waals surface area contributed by atoms with Crippen molar-refractivity contribution in [3.8, 4) is 5.75 Å². The van der Waals surface area contributed by atoms with Crippen molar-refractivity contribution in [2.45, 2.75) is 24.6 Å². The second-order valence-corrected chi connectivity index (χ2v) is 4.53. The molecule has 1 atom stereocenters. The fraction of sp³-hybridized carbons (Fsp3) is 0.462. The minimum absolute atomic E-state index is 0.112. The summed E-state index contributed by atoms with van der Waals surface area (Å²) in [6, 6.07) is 6.49. The summed E-state index contributed by atoms with van der Waals surface area (Å²) in [7, 11) is 0. The van der Waals surface area contributed by atoms with E-state index < -0.39 is 24.4 Å². The van der Waals surface area contributed by atoms with E-state index in [-0.39, 0.29) is 19.4 Å². The SMILES string of the molecule is O=C(O)C1(CCOC(F)(F)F)CCOc2ccccc21. The summed E-state index contributed by atoms with van der Waals surface area (Å²) in [4.78, 5) is 11.6. The van der Waals surface area contributed by atoms with Crippen LogP contribution in [0.25, 0.3) is 0 Å². The van der Waals surface area contributed by atoms with Crippen molar-refractivity contribution in [1.29, 1.82) is 0 Å². The Bertz CT molecular complexity index is 501. The Kier molecular flexibility index (Phi) is 3.89. The maximum atomic E-state index is 12.0. The van der Waals surface area contributed by atoms with E-state index in [1.54, 1.807) is 24.3 Å². The fourth-order valence-electron chi connectivity index (χ4n) is 2.39. The quantitative estimate of drug-likeness (QED) is 0.926. The van der Waals surface area contributed by atoms with Crippen molar-refractivity contribution >= 4 is 5.97 Å². The normalized spacial score (nSPS) is 21.9. The molecule has 1 aliphatic heterocycles. The van der Waals surface area contributed by atoms with E-state index in [1.165, 1.54) is 0 Å². The Morgan fingerprint density at radius 3 is 2.75 bits per heavy atom. The van der Waals surface area contributed by atoms with Crippen LogP contribution in [0, 0.1) is 0 Å². The predicted octanol–water partition coefficient (Wildman–Crippen LogP) is 2.72. The number of carbonyl (C=O) groups is 1. The molecule has 2 rings (SSSR count). The lowest BCUT2D eigenvalue weighted by atomic mass is 9.73. The summed E-state index contributed by atoms with van der Waals surface area (Å²) in [6.07, 6.45) is -4.91. The van der Waals surface area contributed by atoms with Gasteiger partial charge in [0.1, 0.15) is 11.2 Å². The molecule has 0 spiro atoms. The number of carboxylic acid groups (broad SMARTS) is 1. The van der Waals surface area contributed by atoms with Gasteiger partial charge < -0.3 is 9.84 Å². The summed E-state index contributed by atoms with van der Waals surface area (Å²) in [6.45, 7) is -0.556. The van der Waals surface area contributed by atoms with Gasteiger partial charge >= 0.3 is 12.3 Å². The summed E-state index contributed by atoms with van der Waals surface area (Å²) in [5.41, 5.74) is -1.01. The summed E-state index contributed by atoms with van der Waals surface area (Å²) in [5.74, 6) is -0.771. The van der Waals surface area contributed by atoms with E-state index in [2.05, 4.69) is 4.74 Å². The monoisotopic (exact) mass is 290 g/mol. The Morgan fingerprint density at radius 1 is 1.40 bits per heavy atom. The van der Waals surface area contributed by atoms with E-state index in [4.69, 9.17) is 4.74 Å². The first-order valence-electron chi connectivity index (χ1n) is 6.01. The fourth-order valence-corrected chi connectivity index (χ4v) is 2.39. The first-order valence-corrected chi connectivity index (χ1v) is 6.01. The Labute approximate surface area is 113 Å². The Balaban J connectivity index is 2.25. The molecule has 0 bridgehead atoms. The third-order valence-corrected chi connectivity index (χ3v) is 3.39. The average Bonchev–Trinajstić information content (AvgIpc) is 2.37. The molecule has 1 aromatic carbocycles. The minimum atomic E-state index is -4.76. The van der Waals surface area contributed by atoms with Crippen molar-refractivity contribution in [3.05, 3.63) is 29.8 Å². The van der Waals surface area contributed by atoms with E-state index in [9.17, 15) is 23.1 Å². The molecule has 1 aromatic rings. The van der Waals surface area contributed by atoms with Crippen LogP contribution in [0.2, 0.25) is 0 Å². The molecule has 7 heteroatoms. The lowest BCUT2D eigenvalue weighted by molar-refractivity contribution is -0.325. The molecule has 0 aliphatic carbocycles. The molecular formula is C13H13F3O4. The highest BCUT2D eigenvalue weighted by molar-refractivity contribution is 5.83. The molecule has 0 fully saturated rings. The number of hydrogen-bond donors (Lipinski definition) is 1. The second kappa shape index (κ2) is 5.32. The van der Waals surface area contributed by atoms with Crippen LogP contribution in [0.4, 0.5) is 13.2 Å². The molecule has 0 amide bonds. The van der Waals surface area contributed by atoms with Gasteiger partial charge in [0.15, 0.2) is 0 Å². The van der Waals surface area contributed by atoms with Gasteiger partial charge in [0, 0.05) is 12.0 Å². The average molecular weight is 290 g/mol. The largest absolute Gasteiger partial charge is 0.522 e. The number of para-hydroxylation sites is 1. The highest BCUT2D eigenvalue weighted by Gasteiger charge is 2.45. The summed E-state index contributed by atoms with van der Waals surface area (Å²) in [5, 5.41) is 9.47. The van der Waals surface area contributed by atoms with Gasteiger partial charge in [-0.15, -0.1) is 13.2 Å². The van der Waals surface area contributed by atoms with E-state index in [0.29, 0.717) is 11.3 Å². The molecule has 110 valence electrons. The number of ether oxygens (including phenoxy) is 2. The van der Waals surface area contributed by atoms with Crippen molar-refractivity contribution in [2.24, 2.45) is 0 Å². The van der Waals surface area contributed by atoms with Gasteiger partial charge in [-0.05, 0) is 12.5 Å². The van der Waals surface area contributed by atoms with Gasteiger partial charge in [-0.3, -0.25) is 9.53 Å². The first kappa shape index (κ1) is 14.6. The molecule has 1 aliphatic rings. The van der Waals surface area contributed by atoms with Gasteiger partial charge in [0.25, 0.3) is 0 Å². The maximum absolute atomic E-state index is 12.0. The molecule has 4 nitrogen and oxygen atoms in total. The van der Waals surface area contributed by atoms with Gasteiger partial charge in [0.2, 0.25) is 0 Å². The Morgan fingerprint density at radius 2 is 2.10 bits per heavy atom. The lowest BCUT2D eigenvalue weighted by Crippen LogP contribution is -2.42. The predicted molar refractivity (Wildman–Crippen MR) is 62.5 cm³/mol. The lowest BCUT2D eigenvalue weighted by Gasteiger charge is -2.35. The molecule has 1 heterocycles. The van der Waals surface area contributed by atoms with Crippen LogP contribution in [0.5, 0.6) is 5.75 Å². The summed E-state index contributed by atoms with van der Waals surface area (Å²) < 4.78 is 45.2. The molecule has 0 radical (unpaired) electrons. The number of rotatable bonds is 4. The number of carboxylic acids is 1. The summed E-state index contributed by atoms with van der Waals surface area (Å²) >= 11 is 0. The number of alkyl halides is 3. The smallest absolute Gasteiger partial charge is 0.493 e. The van der Waals surface area contributed by atoms with Gasteiger partial charge in [0.05, 0.1) is 13.2 Å². The molecule has 0 saturated carbocycles. The third-order valence-electron chi connectivity index (χ3n) is 3.39. The van der Waals surface area contributed by atoms with Crippen LogP contribution in [0.1, 0.15) is 18.4 Å². The maximum Gasteiger partial charge on any atom is 0.522 e. The zero-order valence-electron chi connectivity index (χ0n) is 10.4. The van der Waals surface area contributed by atoms with Crippen LogP contribution in [0.15, 0.2) is 24.3 Å². The zero-order valence-corrected chi connectivity index (χ0v) is 10.4. The van der Waals surface area contributed by atoms with Crippen molar-refractivity contribution in [2.75, 3.05) is 13.2 Å². The van der Waals surface area contributed by atoms with Crippen LogP contribution < -0.4 is 4.74 Å². The topological polar surface area (TPSA) is 55.8 Å². The minimum Gasteiger partial charge on any atom is -0.493 e. The third kappa shape index (κ3) is 2.87. The molecule has 0 aromatic heterocycles. The Hall–Kier alpha value is -1.76. The molecule has 1 unspecified atom stereocenters. The number of fused-ring (bicyclic) bond motifs is 1. The molecule has 0 saturated heterocycles. The van der Waals surface area contributed by atoms with Gasteiger partial charge in [-0.25, -0.2) is 0 Å². The molecular weight excluding hydrogens is 277 g/mol. The second-order valence-electron chi connectivity index (χ2n) is 4.53. The molecule has 1 N–H and O–H groups in total. The van der Waals surface area contributed by atoms with Crippen molar-refractivity contribution < 1.29 is 32.5 Å². The van der Waals surface area contributed by atoms with Crippen LogP contribution in [-0.2, 0) is 14.9 Å². The zero-order chi connectivity index (χ0) is 14.8. The first-order chi connectivity index (χ1) is 9.35. The molecule has 20 heavy (non-hydrogen) atoms. The van der Waals surface area contributed by atoms with Crippen molar-refractivity contribution in [3.63, 3.8) is 0 Å². The van der Waals surface area contributed by atoms with E-state index in [1.807, 2.05) is 0 Å². The van der Waals surface area contributed by atoms with Gasteiger partial charge in [-0.2, -0.15) is 0 Å². The van der Waals surface area contributed by atoms with Crippen molar-refractivity contribution in [1.82, 2.24) is 0 Å². The standard InChI is InChI=1S/C13H13F3O4/c14-13(15,16)20-8-6-12(11(17)18)5-7-19-10-4-2-1-3-9(10)12/h1-4H,5-8H2,(H,17,18). The number of halogens is 3. The van der Waals surface area contributed by atoms with Crippen LogP contribution >= 0.6 is 0 Å². The number of benzene rings is 1. The highest BCUT2D eigenvalue weighted by atomic mass is 19.4.